The van der Waals surface area contributed by atoms with Crippen LogP contribution in [0.5, 0.6) is 11.5 Å². The van der Waals surface area contributed by atoms with Gasteiger partial charge in [0.1, 0.15) is 23.1 Å². The van der Waals surface area contributed by atoms with Crippen molar-refractivity contribution in [3.63, 3.8) is 0 Å². The smallest absolute Gasteiger partial charge is 0.328 e. The van der Waals surface area contributed by atoms with Gasteiger partial charge in [-0.3, -0.25) is 14.6 Å². The third kappa shape index (κ3) is 3.46. The molecule has 3 aliphatic rings. The number of hydrogen-bond donors (Lipinski definition) is 3. The fourth-order valence-electron chi connectivity index (χ4n) is 5.69. The number of nitrogens with one attached hydrogen (secondary N) is 2. The fraction of sp³-hybridized carbons (Fsp3) is 0.407. The van der Waals surface area contributed by atoms with E-state index in [0.29, 0.717) is 19.0 Å². The van der Waals surface area contributed by atoms with Gasteiger partial charge in [0.2, 0.25) is 0 Å². The Hall–Kier alpha value is -3.52. The standard InChI is InChI=1S/C27H30N4O4/c1-27-15-21-20-14-19(35-2)9-10-22(20)29-23(21)24(16-5-3-6-18(32)13-16)31(27)26(34)30(25(27)33)12-4-11-28-17-7-8-17/h3,5-6,9-10,13-14,17,24,28-29,32H,4,7-8,11-12,15H2,1-2H3/t24-,27+/m1/s1. The molecule has 3 amide bonds. The van der Waals surface area contributed by atoms with Crippen molar-refractivity contribution < 1.29 is 19.4 Å². The molecule has 2 fully saturated rings. The summed E-state index contributed by atoms with van der Waals surface area (Å²) in [6.45, 7) is 3.05. The van der Waals surface area contributed by atoms with Gasteiger partial charge in [-0.1, -0.05) is 12.1 Å². The summed E-state index contributed by atoms with van der Waals surface area (Å²) in [6, 6.07) is 12.6. The van der Waals surface area contributed by atoms with Gasteiger partial charge in [0, 0.05) is 35.6 Å². The molecule has 2 aliphatic heterocycles. The van der Waals surface area contributed by atoms with Gasteiger partial charge in [0.15, 0.2) is 0 Å². The molecule has 0 radical (unpaired) electrons. The molecular weight excluding hydrogens is 444 g/mol. The average Bonchev–Trinajstić information content (AvgIpc) is 3.58. The van der Waals surface area contributed by atoms with Crippen LogP contribution in [0.25, 0.3) is 10.9 Å². The topological polar surface area (TPSA) is 97.9 Å². The average molecular weight is 475 g/mol. The number of methoxy groups -OCH3 is 1. The number of imide groups is 1. The molecule has 2 aromatic carbocycles. The second kappa shape index (κ2) is 8.02. The lowest BCUT2D eigenvalue weighted by Crippen LogP contribution is -2.53. The number of fused-ring (bicyclic) bond motifs is 4. The third-order valence-corrected chi connectivity index (χ3v) is 7.63. The van der Waals surface area contributed by atoms with Crippen LogP contribution in [0.4, 0.5) is 4.79 Å². The number of H-pyrrole nitrogens is 1. The number of ether oxygens (including phenoxy) is 1. The minimum absolute atomic E-state index is 0.120. The number of aromatic nitrogens is 1. The zero-order chi connectivity index (χ0) is 24.3. The maximum Gasteiger partial charge on any atom is 0.328 e. The number of phenols is 1. The van der Waals surface area contributed by atoms with E-state index in [1.807, 2.05) is 31.2 Å². The number of urea groups is 1. The summed E-state index contributed by atoms with van der Waals surface area (Å²) in [5.74, 6) is 0.691. The molecule has 182 valence electrons. The number of aromatic hydroxyl groups is 1. The van der Waals surface area contributed by atoms with E-state index in [-0.39, 0.29) is 17.7 Å². The predicted molar refractivity (Wildman–Crippen MR) is 131 cm³/mol. The highest BCUT2D eigenvalue weighted by Gasteiger charge is 2.60. The highest BCUT2D eigenvalue weighted by atomic mass is 16.5. The first kappa shape index (κ1) is 22.0. The van der Waals surface area contributed by atoms with E-state index in [2.05, 4.69) is 10.3 Å². The summed E-state index contributed by atoms with van der Waals surface area (Å²) < 4.78 is 5.46. The number of carbonyl (C=O) groups excluding carboxylic acids is 2. The van der Waals surface area contributed by atoms with Crippen LogP contribution in [0.1, 0.15) is 49.0 Å². The Morgan fingerprint density at radius 2 is 2.03 bits per heavy atom. The Kier molecular flexibility index (Phi) is 5.03. The van der Waals surface area contributed by atoms with Crippen molar-refractivity contribution in [1.29, 1.82) is 0 Å². The van der Waals surface area contributed by atoms with Crippen LogP contribution in [-0.2, 0) is 11.2 Å². The van der Waals surface area contributed by atoms with Gasteiger partial charge >= 0.3 is 6.03 Å². The first-order chi connectivity index (χ1) is 16.9. The number of aromatic amines is 1. The second-order valence-corrected chi connectivity index (χ2v) is 10.1. The molecule has 3 aromatic rings. The summed E-state index contributed by atoms with van der Waals surface area (Å²) in [5, 5.41) is 14.7. The number of rotatable bonds is 7. The number of hydrogen-bond acceptors (Lipinski definition) is 5. The number of amides is 3. The minimum Gasteiger partial charge on any atom is -0.508 e. The Labute approximate surface area is 203 Å². The molecule has 8 heteroatoms. The van der Waals surface area contributed by atoms with Crippen molar-refractivity contribution in [3.8, 4) is 11.5 Å². The third-order valence-electron chi connectivity index (χ3n) is 7.63. The number of benzene rings is 2. The quantitative estimate of drug-likeness (QED) is 0.358. The molecule has 35 heavy (non-hydrogen) atoms. The molecule has 2 atom stereocenters. The Morgan fingerprint density at radius 1 is 1.20 bits per heavy atom. The largest absolute Gasteiger partial charge is 0.508 e. The Morgan fingerprint density at radius 3 is 2.77 bits per heavy atom. The van der Waals surface area contributed by atoms with Crippen molar-refractivity contribution in [1.82, 2.24) is 20.1 Å². The molecule has 0 spiro atoms. The van der Waals surface area contributed by atoms with Crippen LogP contribution in [0.15, 0.2) is 42.5 Å². The SMILES string of the molecule is COc1ccc2[nH]c3c(c2c1)C[C@@]1(C)C(=O)N(CCCNC2CC2)C(=O)N1[C@@H]3c1cccc(O)c1. The predicted octanol–water partition coefficient (Wildman–Crippen LogP) is 3.69. The van der Waals surface area contributed by atoms with Crippen molar-refractivity contribution >= 4 is 22.8 Å². The van der Waals surface area contributed by atoms with E-state index in [0.717, 1.165) is 46.4 Å². The van der Waals surface area contributed by atoms with E-state index >= 15 is 0 Å². The number of phenolic OH excluding ortho intramolecular Hbond substituents is 1. The summed E-state index contributed by atoms with van der Waals surface area (Å²) in [4.78, 5) is 34.3. The lowest BCUT2D eigenvalue weighted by molar-refractivity contribution is -0.133. The first-order valence-corrected chi connectivity index (χ1v) is 12.3. The molecule has 3 N–H and O–H groups in total. The van der Waals surface area contributed by atoms with Crippen molar-refractivity contribution in [3.05, 3.63) is 59.3 Å². The molecular formula is C27H30N4O4. The maximum atomic E-state index is 13.8. The van der Waals surface area contributed by atoms with Gasteiger partial charge in [-0.2, -0.15) is 0 Å². The monoisotopic (exact) mass is 474 g/mol. The van der Waals surface area contributed by atoms with Crippen molar-refractivity contribution in [2.45, 2.75) is 50.2 Å². The van der Waals surface area contributed by atoms with Crippen LogP contribution in [-0.4, -0.2) is 63.6 Å². The highest BCUT2D eigenvalue weighted by molar-refractivity contribution is 6.08. The van der Waals surface area contributed by atoms with Crippen LogP contribution >= 0.6 is 0 Å². The second-order valence-electron chi connectivity index (χ2n) is 10.1. The van der Waals surface area contributed by atoms with Crippen LogP contribution < -0.4 is 10.1 Å². The van der Waals surface area contributed by atoms with Gasteiger partial charge in [-0.15, -0.1) is 0 Å². The van der Waals surface area contributed by atoms with Gasteiger partial charge in [0.25, 0.3) is 5.91 Å². The summed E-state index contributed by atoms with van der Waals surface area (Å²) >= 11 is 0. The molecule has 1 saturated carbocycles. The van der Waals surface area contributed by atoms with Crippen molar-refractivity contribution in [2.75, 3.05) is 20.2 Å². The van der Waals surface area contributed by atoms with Gasteiger partial charge < -0.3 is 20.1 Å². The van der Waals surface area contributed by atoms with Crippen LogP contribution in [0, 0.1) is 0 Å². The minimum atomic E-state index is -1.03. The Bertz CT molecular complexity index is 1330. The number of nitrogens with zero attached hydrogens (tertiary/aromatic N) is 2. The summed E-state index contributed by atoms with van der Waals surface area (Å²) in [5.41, 5.74) is 2.53. The van der Waals surface area contributed by atoms with E-state index in [1.54, 1.807) is 30.2 Å². The summed E-state index contributed by atoms with van der Waals surface area (Å²) in [6.07, 6.45) is 3.54. The zero-order valence-electron chi connectivity index (χ0n) is 20.0. The van der Waals surface area contributed by atoms with E-state index < -0.39 is 11.6 Å². The van der Waals surface area contributed by atoms with E-state index in [4.69, 9.17) is 4.74 Å². The van der Waals surface area contributed by atoms with Gasteiger partial charge in [-0.25, -0.2) is 4.79 Å². The van der Waals surface area contributed by atoms with Crippen LogP contribution in [0.3, 0.4) is 0 Å². The molecule has 1 saturated heterocycles. The fourth-order valence-corrected chi connectivity index (χ4v) is 5.69. The first-order valence-electron chi connectivity index (χ1n) is 12.3. The van der Waals surface area contributed by atoms with Crippen molar-refractivity contribution in [2.24, 2.45) is 0 Å². The molecule has 1 aliphatic carbocycles. The zero-order valence-corrected chi connectivity index (χ0v) is 20.0. The van der Waals surface area contributed by atoms with Crippen LogP contribution in [0.2, 0.25) is 0 Å². The lowest BCUT2D eigenvalue weighted by atomic mass is 9.81. The van der Waals surface area contributed by atoms with Gasteiger partial charge in [-0.05, 0) is 74.2 Å². The molecule has 8 nitrogen and oxygen atoms in total. The molecule has 3 heterocycles. The Balaban J connectivity index is 1.44. The molecule has 0 unspecified atom stereocenters. The summed E-state index contributed by atoms with van der Waals surface area (Å²) in [7, 11) is 1.63. The van der Waals surface area contributed by atoms with E-state index in [9.17, 15) is 14.7 Å². The molecule has 6 rings (SSSR count). The lowest BCUT2D eigenvalue weighted by Gasteiger charge is -2.42. The molecule has 0 bridgehead atoms. The highest BCUT2D eigenvalue weighted by Crippen LogP contribution is 2.49. The molecule has 1 aromatic heterocycles. The normalized spacial score (nSPS) is 23.7. The van der Waals surface area contributed by atoms with Gasteiger partial charge in [0.05, 0.1) is 7.11 Å². The maximum absolute atomic E-state index is 13.8. The number of carbonyl (C=O) groups is 2. The van der Waals surface area contributed by atoms with E-state index in [1.165, 1.54) is 17.7 Å².